The number of aryl methyl sites for hydroxylation is 1. The van der Waals surface area contributed by atoms with Crippen LogP contribution < -0.4 is 15.5 Å². The maximum atomic E-state index is 12.8. The molecule has 15 heteroatoms. The Morgan fingerprint density at radius 1 is 1.31 bits per heavy atom. The highest BCUT2D eigenvalue weighted by molar-refractivity contribution is 6.06. The van der Waals surface area contributed by atoms with Crippen molar-refractivity contribution in [1.82, 2.24) is 24.6 Å². The van der Waals surface area contributed by atoms with E-state index in [-0.39, 0.29) is 48.1 Å². The minimum absolute atomic E-state index is 0.00776. The van der Waals surface area contributed by atoms with Crippen LogP contribution in [0.2, 0.25) is 0 Å². The summed E-state index contributed by atoms with van der Waals surface area (Å²) in [6.07, 6.45) is -0.494. The molecule has 3 N–H and O–H groups in total. The van der Waals surface area contributed by atoms with Crippen molar-refractivity contribution in [1.29, 1.82) is 0 Å². The van der Waals surface area contributed by atoms with Crippen molar-refractivity contribution in [3.8, 4) is 11.5 Å². The number of hydrogen-bond donors (Lipinski definition) is 3. The van der Waals surface area contributed by atoms with Crippen LogP contribution in [0.15, 0.2) is 35.2 Å². The number of rotatable bonds is 8. The van der Waals surface area contributed by atoms with Crippen LogP contribution >= 0.6 is 0 Å². The summed E-state index contributed by atoms with van der Waals surface area (Å²) < 4.78 is 44.1. The number of pyridine rings is 1. The first-order valence-corrected chi connectivity index (χ1v) is 10.4. The Labute approximate surface area is 196 Å². The molecule has 4 rings (SSSR count). The molecule has 0 aromatic carbocycles. The molecule has 3 amide bonds. The number of carbonyl (C=O) groups excluding carboxylic acids is 2. The zero-order chi connectivity index (χ0) is 25.2. The molecule has 0 aliphatic carbocycles. The van der Waals surface area contributed by atoms with Crippen LogP contribution in [0.3, 0.4) is 0 Å². The summed E-state index contributed by atoms with van der Waals surface area (Å²) in [5.41, 5.74) is 0.493. The first kappa shape index (κ1) is 24.0. The highest BCUT2D eigenvalue weighted by atomic mass is 19.4. The van der Waals surface area contributed by atoms with Crippen molar-refractivity contribution in [2.75, 3.05) is 48.3 Å². The highest BCUT2D eigenvalue weighted by Gasteiger charge is 2.33. The fraction of sp³-hybridized carbons (Fsp3) is 0.350. The van der Waals surface area contributed by atoms with Gasteiger partial charge in [-0.1, -0.05) is 0 Å². The molecule has 0 spiro atoms. The molecular formula is C20H21F3N8O4. The number of oxazole rings is 1. The Morgan fingerprint density at radius 2 is 2.11 bits per heavy atom. The van der Waals surface area contributed by atoms with Gasteiger partial charge in [-0.05, 0) is 12.1 Å². The van der Waals surface area contributed by atoms with Crippen molar-refractivity contribution < 1.29 is 32.3 Å². The minimum Gasteiger partial charge on any atom is -0.444 e. The van der Waals surface area contributed by atoms with Crippen molar-refractivity contribution in [3.63, 3.8) is 0 Å². The van der Waals surface area contributed by atoms with E-state index in [4.69, 9.17) is 9.52 Å². The lowest BCUT2D eigenvalue weighted by Crippen LogP contribution is -2.34. The molecule has 3 aromatic rings. The number of carbonyl (C=O) groups is 2. The number of aliphatic hydroxyl groups is 1. The Kier molecular flexibility index (Phi) is 6.59. The van der Waals surface area contributed by atoms with E-state index in [1.165, 1.54) is 39.0 Å². The smallest absolute Gasteiger partial charge is 0.405 e. The summed E-state index contributed by atoms with van der Waals surface area (Å²) >= 11 is 0. The number of aliphatic hydroxyl groups excluding tert-OH is 1. The van der Waals surface area contributed by atoms with Gasteiger partial charge in [0.15, 0.2) is 11.5 Å². The van der Waals surface area contributed by atoms with E-state index in [0.29, 0.717) is 18.7 Å². The summed E-state index contributed by atoms with van der Waals surface area (Å²) in [5.74, 6) is -0.426. The van der Waals surface area contributed by atoms with E-state index in [1.54, 1.807) is 7.05 Å². The van der Waals surface area contributed by atoms with Crippen LogP contribution in [-0.4, -0.2) is 80.7 Å². The molecule has 1 aliphatic rings. The fourth-order valence-electron chi connectivity index (χ4n) is 3.42. The molecule has 0 radical (unpaired) electrons. The van der Waals surface area contributed by atoms with Crippen molar-refractivity contribution >= 4 is 29.3 Å². The number of amides is 3. The molecule has 0 atom stereocenters. The predicted octanol–water partition coefficient (Wildman–Crippen LogP) is 1.93. The van der Waals surface area contributed by atoms with Gasteiger partial charge in [0.25, 0.3) is 5.91 Å². The van der Waals surface area contributed by atoms with Crippen LogP contribution in [-0.2, 0) is 7.05 Å². The zero-order valence-electron chi connectivity index (χ0n) is 18.4. The molecule has 186 valence electrons. The Morgan fingerprint density at radius 3 is 2.86 bits per heavy atom. The van der Waals surface area contributed by atoms with Gasteiger partial charge >= 0.3 is 12.2 Å². The number of alkyl halides is 3. The molecule has 3 aromatic heterocycles. The van der Waals surface area contributed by atoms with Gasteiger partial charge in [-0.3, -0.25) is 14.4 Å². The van der Waals surface area contributed by atoms with Crippen molar-refractivity contribution in [3.05, 3.63) is 36.5 Å². The fourth-order valence-corrected chi connectivity index (χ4v) is 3.42. The number of nitrogens with zero attached hydrogens (tertiary/aromatic N) is 6. The Bertz CT molecular complexity index is 1230. The minimum atomic E-state index is -4.41. The molecule has 0 unspecified atom stereocenters. The number of halogens is 3. The van der Waals surface area contributed by atoms with Gasteiger partial charge in [0.05, 0.1) is 12.8 Å². The third-order valence-corrected chi connectivity index (χ3v) is 4.99. The van der Waals surface area contributed by atoms with E-state index in [2.05, 4.69) is 25.7 Å². The maximum absolute atomic E-state index is 12.8. The predicted molar refractivity (Wildman–Crippen MR) is 117 cm³/mol. The average Bonchev–Trinajstić information content (AvgIpc) is 3.52. The van der Waals surface area contributed by atoms with Crippen molar-refractivity contribution in [2.24, 2.45) is 7.05 Å². The normalized spacial score (nSPS) is 14.0. The number of urea groups is 1. The lowest BCUT2D eigenvalue weighted by atomic mass is 10.2. The van der Waals surface area contributed by atoms with Crippen LogP contribution in [0.5, 0.6) is 0 Å². The standard InChI is InChI=1S/C20H21F3N8O4/c1-29-9-13(16(28-29)31-5-4-30(6-7-32)19(31)34)26-17(33)14-10-35-18(27-14)12-2-3-24-15(8-12)25-11-20(21,22)23/h2-3,8-10,32H,4-7,11H2,1H3,(H,24,25)(H,26,33). The van der Waals surface area contributed by atoms with Gasteiger partial charge in [-0.15, -0.1) is 0 Å². The highest BCUT2D eigenvalue weighted by Crippen LogP contribution is 2.28. The molecule has 12 nitrogen and oxygen atoms in total. The van der Waals surface area contributed by atoms with E-state index in [1.807, 2.05) is 0 Å². The van der Waals surface area contributed by atoms with Gasteiger partial charge < -0.3 is 25.1 Å². The zero-order valence-corrected chi connectivity index (χ0v) is 18.4. The van der Waals surface area contributed by atoms with Gasteiger partial charge in [0.2, 0.25) is 5.89 Å². The summed E-state index contributed by atoms with van der Waals surface area (Å²) in [5, 5.41) is 18.2. The molecule has 4 heterocycles. The van der Waals surface area contributed by atoms with Gasteiger partial charge in [0.1, 0.15) is 24.3 Å². The Hall–Kier alpha value is -4.14. The third-order valence-electron chi connectivity index (χ3n) is 4.99. The van der Waals surface area contributed by atoms with Crippen LogP contribution in [0.1, 0.15) is 10.5 Å². The average molecular weight is 494 g/mol. The summed E-state index contributed by atoms with van der Waals surface area (Å²) in [6, 6.07) is 2.45. The summed E-state index contributed by atoms with van der Waals surface area (Å²) in [7, 11) is 1.63. The second-order valence-corrected chi connectivity index (χ2v) is 7.58. The number of nitrogens with one attached hydrogen (secondary N) is 2. The first-order valence-electron chi connectivity index (χ1n) is 10.4. The topological polar surface area (TPSA) is 142 Å². The summed E-state index contributed by atoms with van der Waals surface area (Å²) in [6.45, 7) is -0.500. The summed E-state index contributed by atoms with van der Waals surface area (Å²) in [4.78, 5) is 36.2. The Balaban J connectivity index is 1.48. The molecule has 1 saturated heterocycles. The number of β-amino-alcohol motifs (C(OH)–C–C–N with tert-alkyl or cyclic N) is 1. The lowest BCUT2D eigenvalue weighted by Gasteiger charge is -2.17. The molecule has 1 aliphatic heterocycles. The van der Waals surface area contributed by atoms with Crippen molar-refractivity contribution in [2.45, 2.75) is 6.18 Å². The number of anilines is 3. The first-order chi connectivity index (χ1) is 16.6. The molecule has 0 bridgehead atoms. The van der Waals surface area contributed by atoms with Crippen LogP contribution in [0.4, 0.5) is 35.3 Å². The van der Waals surface area contributed by atoms with E-state index >= 15 is 0 Å². The number of aromatic nitrogens is 4. The quantitative estimate of drug-likeness (QED) is 0.431. The van der Waals surface area contributed by atoms with Gasteiger partial charge in [-0.25, -0.2) is 14.8 Å². The lowest BCUT2D eigenvalue weighted by molar-refractivity contribution is -0.115. The molecule has 35 heavy (non-hydrogen) atoms. The van der Waals surface area contributed by atoms with Crippen LogP contribution in [0, 0.1) is 0 Å². The molecule has 1 fully saturated rings. The van der Waals surface area contributed by atoms with E-state index < -0.39 is 18.6 Å². The number of hydrogen-bond acceptors (Lipinski definition) is 8. The van der Waals surface area contributed by atoms with E-state index in [9.17, 15) is 22.8 Å². The third kappa shape index (κ3) is 5.51. The largest absolute Gasteiger partial charge is 0.444 e. The van der Waals surface area contributed by atoms with E-state index in [0.717, 1.165) is 6.26 Å². The monoisotopic (exact) mass is 494 g/mol. The second-order valence-electron chi connectivity index (χ2n) is 7.58. The SMILES string of the molecule is Cn1cc(NC(=O)c2coc(-c3ccnc(NCC(F)(F)F)c3)n2)c(N2CCN(CCO)C2=O)n1. The second kappa shape index (κ2) is 9.61. The molecule has 0 saturated carbocycles. The van der Waals surface area contributed by atoms with Gasteiger partial charge in [0, 0.05) is 38.4 Å². The van der Waals surface area contributed by atoms with Gasteiger partial charge in [-0.2, -0.15) is 18.3 Å². The maximum Gasteiger partial charge on any atom is 0.405 e. The van der Waals surface area contributed by atoms with Crippen LogP contribution in [0.25, 0.3) is 11.5 Å². The molecular weight excluding hydrogens is 473 g/mol.